The average molecular weight is 302 g/mol. The van der Waals surface area contributed by atoms with Gasteiger partial charge in [-0.2, -0.15) is 0 Å². The van der Waals surface area contributed by atoms with E-state index in [9.17, 15) is 9.18 Å². The van der Waals surface area contributed by atoms with E-state index in [-0.39, 0.29) is 17.6 Å². The Morgan fingerprint density at radius 1 is 1.50 bits per heavy atom. The summed E-state index contributed by atoms with van der Waals surface area (Å²) in [6.45, 7) is 2.97. The van der Waals surface area contributed by atoms with Crippen molar-refractivity contribution in [3.8, 4) is 0 Å². The lowest BCUT2D eigenvalue weighted by molar-refractivity contribution is -0.135. The topological polar surface area (TPSA) is 51.0 Å². The van der Waals surface area contributed by atoms with Crippen LogP contribution < -0.4 is 0 Å². The average Bonchev–Trinajstić information content (AvgIpc) is 2.97. The number of carbonyl (C=O) groups excluding carboxylic acids is 1. The summed E-state index contributed by atoms with van der Waals surface area (Å²) in [6, 6.07) is 4.68. The van der Waals surface area contributed by atoms with Crippen LogP contribution in [0.15, 0.2) is 24.5 Å². The van der Waals surface area contributed by atoms with E-state index in [0.717, 1.165) is 29.8 Å². The molecule has 0 spiro atoms. The Labute approximate surface area is 128 Å². The molecule has 22 heavy (non-hydrogen) atoms. The fourth-order valence-corrected chi connectivity index (χ4v) is 2.91. The lowest BCUT2D eigenvalue weighted by Gasteiger charge is -2.27. The monoisotopic (exact) mass is 302 g/mol. The van der Waals surface area contributed by atoms with Crippen molar-refractivity contribution in [2.45, 2.75) is 32.9 Å². The molecule has 2 heterocycles. The third-order valence-electron chi connectivity index (χ3n) is 4.27. The number of carbonyl (C=O) groups is 1. The first-order valence-corrected chi connectivity index (χ1v) is 7.41. The molecule has 1 amide bonds. The molecule has 0 saturated carbocycles. The molecule has 0 saturated heterocycles. The zero-order chi connectivity index (χ0) is 15.7. The molecule has 0 N–H and O–H groups in total. The maximum absolute atomic E-state index is 13.4. The van der Waals surface area contributed by atoms with Crippen LogP contribution in [0.2, 0.25) is 0 Å². The summed E-state index contributed by atoms with van der Waals surface area (Å²) in [6.07, 6.45) is 3.22. The first-order chi connectivity index (χ1) is 10.5. The lowest BCUT2D eigenvalue weighted by atomic mass is 9.97. The van der Waals surface area contributed by atoms with Gasteiger partial charge in [0, 0.05) is 26.6 Å². The van der Waals surface area contributed by atoms with E-state index in [2.05, 4.69) is 10.2 Å². The van der Waals surface area contributed by atoms with Crippen LogP contribution in [0, 0.1) is 18.7 Å². The van der Waals surface area contributed by atoms with Crippen molar-refractivity contribution in [2.24, 2.45) is 5.92 Å². The minimum atomic E-state index is -0.270. The molecular weight excluding hydrogens is 283 g/mol. The summed E-state index contributed by atoms with van der Waals surface area (Å²) in [5.41, 5.74) is 1.84. The summed E-state index contributed by atoms with van der Waals surface area (Å²) >= 11 is 0. The van der Waals surface area contributed by atoms with Crippen molar-refractivity contribution in [3.05, 3.63) is 47.3 Å². The fraction of sp³-hybridized carbons (Fsp3) is 0.438. The largest absolute Gasteiger partial charge is 0.341 e. The SMILES string of the molecule is Cc1ccc(F)cc1CN(C)C(=O)C1CCc2nncn2C1. The minimum Gasteiger partial charge on any atom is -0.341 e. The van der Waals surface area contributed by atoms with E-state index in [1.54, 1.807) is 24.3 Å². The highest BCUT2D eigenvalue weighted by molar-refractivity contribution is 5.78. The summed E-state index contributed by atoms with van der Waals surface area (Å²) in [4.78, 5) is 14.3. The zero-order valence-corrected chi connectivity index (χ0v) is 12.8. The van der Waals surface area contributed by atoms with E-state index in [1.165, 1.54) is 12.1 Å². The van der Waals surface area contributed by atoms with Crippen LogP contribution in [0.3, 0.4) is 0 Å². The number of fused-ring (bicyclic) bond motifs is 1. The number of halogens is 1. The van der Waals surface area contributed by atoms with Crippen LogP contribution in [-0.2, 0) is 24.3 Å². The Morgan fingerprint density at radius 2 is 2.32 bits per heavy atom. The molecule has 1 atom stereocenters. The quantitative estimate of drug-likeness (QED) is 0.871. The molecule has 1 aliphatic rings. The Kier molecular flexibility index (Phi) is 3.92. The predicted octanol–water partition coefficient (Wildman–Crippen LogP) is 1.95. The van der Waals surface area contributed by atoms with Crippen molar-refractivity contribution in [1.29, 1.82) is 0 Å². The van der Waals surface area contributed by atoms with E-state index < -0.39 is 0 Å². The van der Waals surface area contributed by atoms with Crippen LogP contribution in [-0.4, -0.2) is 32.6 Å². The Hall–Kier alpha value is -2.24. The van der Waals surface area contributed by atoms with E-state index in [4.69, 9.17) is 0 Å². The van der Waals surface area contributed by atoms with Gasteiger partial charge in [-0.15, -0.1) is 10.2 Å². The normalized spacial score (nSPS) is 17.1. The van der Waals surface area contributed by atoms with Crippen LogP contribution in [0.4, 0.5) is 4.39 Å². The predicted molar refractivity (Wildman–Crippen MR) is 79.4 cm³/mol. The Bertz CT molecular complexity index is 697. The minimum absolute atomic E-state index is 0.0673. The molecule has 0 aliphatic carbocycles. The molecule has 1 unspecified atom stereocenters. The van der Waals surface area contributed by atoms with Gasteiger partial charge < -0.3 is 9.47 Å². The van der Waals surface area contributed by atoms with Gasteiger partial charge in [0.1, 0.15) is 18.0 Å². The molecule has 1 aromatic heterocycles. The lowest BCUT2D eigenvalue weighted by Crippen LogP contribution is -2.37. The number of nitrogens with zero attached hydrogens (tertiary/aromatic N) is 4. The van der Waals surface area contributed by atoms with Crippen LogP contribution in [0.1, 0.15) is 23.4 Å². The summed E-state index contributed by atoms with van der Waals surface area (Å²) in [7, 11) is 1.77. The summed E-state index contributed by atoms with van der Waals surface area (Å²) in [5, 5.41) is 7.91. The second kappa shape index (κ2) is 5.87. The van der Waals surface area contributed by atoms with Gasteiger partial charge in [-0.3, -0.25) is 4.79 Å². The van der Waals surface area contributed by atoms with Gasteiger partial charge in [0.05, 0.1) is 5.92 Å². The number of hydrogen-bond acceptors (Lipinski definition) is 3. The molecule has 5 nitrogen and oxygen atoms in total. The van der Waals surface area contributed by atoms with E-state index in [1.807, 2.05) is 11.5 Å². The highest BCUT2D eigenvalue weighted by Gasteiger charge is 2.27. The number of aryl methyl sites for hydroxylation is 2. The van der Waals surface area contributed by atoms with Crippen molar-refractivity contribution in [1.82, 2.24) is 19.7 Å². The molecular formula is C16H19FN4O. The van der Waals surface area contributed by atoms with Crippen LogP contribution >= 0.6 is 0 Å². The smallest absolute Gasteiger partial charge is 0.227 e. The molecule has 1 aromatic carbocycles. The molecule has 0 fully saturated rings. The van der Waals surface area contributed by atoms with Crippen molar-refractivity contribution in [2.75, 3.05) is 7.05 Å². The standard InChI is InChI=1S/C16H19FN4O/c1-11-3-5-14(17)7-13(11)8-20(2)16(22)12-4-6-15-19-18-10-21(15)9-12/h3,5,7,10,12H,4,6,8-9H2,1-2H3. The van der Waals surface area contributed by atoms with Gasteiger partial charge in [0.25, 0.3) is 0 Å². The maximum Gasteiger partial charge on any atom is 0.227 e. The number of aromatic nitrogens is 3. The summed E-state index contributed by atoms with van der Waals surface area (Å²) < 4.78 is 15.3. The highest BCUT2D eigenvalue weighted by atomic mass is 19.1. The first-order valence-electron chi connectivity index (χ1n) is 7.41. The van der Waals surface area contributed by atoms with Crippen molar-refractivity contribution < 1.29 is 9.18 Å². The molecule has 0 bridgehead atoms. The van der Waals surface area contributed by atoms with E-state index >= 15 is 0 Å². The molecule has 3 rings (SSSR count). The van der Waals surface area contributed by atoms with E-state index in [0.29, 0.717) is 13.1 Å². The van der Waals surface area contributed by atoms with Gasteiger partial charge in [0.2, 0.25) is 5.91 Å². The zero-order valence-electron chi connectivity index (χ0n) is 12.8. The molecule has 2 aromatic rings. The van der Waals surface area contributed by atoms with Crippen LogP contribution in [0.5, 0.6) is 0 Å². The number of rotatable bonds is 3. The van der Waals surface area contributed by atoms with Crippen LogP contribution in [0.25, 0.3) is 0 Å². The van der Waals surface area contributed by atoms with Gasteiger partial charge in [0.15, 0.2) is 0 Å². The fourth-order valence-electron chi connectivity index (χ4n) is 2.91. The Balaban J connectivity index is 1.69. The third kappa shape index (κ3) is 2.86. The molecule has 0 radical (unpaired) electrons. The maximum atomic E-state index is 13.4. The van der Waals surface area contributed by atoms with Crippen molar-refractivity contribution >= 4 is 5.91 Å². The molecule has 6 heteroatoms. The van der Waals surface area contributed by atoms with Gasteiger partial charge in [-0.05, 0) is 36.6 Å². The first kappa shape index (κ1) is 14.7. The highest BCUT2D eigenvalue weighted by Crippen LogP contribution is 2.21. The third-order valence-corrected chi connectivity index (χ3v) is 4.27. The van der Waals surface area contributed by atoms with Gasteiger partial charge in [-0.25, -0.2) is 4.39 Å². The molecule has 116 valence electrons. The Morgan fingerprint density at radius 3 is 3.14 bits per heavy atom. The second-order valence-electron chi connectivity index (χ2n) is 5.90. The number of benzene rings is 1. The summed E-state index contributed by atoms with van der Waals surface area (Å²) in [5.74, 6) is 0.686. The van der Waals surface area contributed by atoms with Gasteiger partial charge in [-0.1, -0.05) is 6.07 Å². The number of amides is 1. The van der Waals surface area contributed by atoms with Gasteiger partial charge >= 0.3 is 0 Å². The number of hydrogen-bond donors (Lipinski definition) is 0. The molecule has 1 aliphatic heterocycles. The van der Waals surface area contributed by atoms with Crippen molar-refractivity contribution in [3.63, 3.8) is 0 Å². The second-order valence-corrected chi connectivity index (χ2v) is 5.90.